The Hall–Kier alpha value is -2.10. The minimum atomic E-state index is -0.685. The summed E-state index contributed by atoms with van der Waals surface area (Å²) in [5, 5.41) is 3.11. The van der Waals surface area contributed by atoms with E-state index >= 15 is 0 Å². The molecule has 0 unspecified atom stereocenters. The number of nitrogens with one attached hydrogen (secondary N) is 1. The first kappa shape index (κ1) is 13.3. The molecule has 2 aromatic carbocycles. The van der Waals surface area contributed by atoms with E-state index in [2.05, 4.69) is 5.32 Å². The largest absolute Gasteiger partial charge is 0.486 e. The van der Waals surface area contributed by atoms with Gasteiger partial charge in [0.15, 0.2) is 17.4 Å². The number of hydrogen-bond donors (Lipinski definition) is 1. The summed E-state index contributed by atoms with van der Waals surface area (Å²) in [5.41, 5.74) is 2.12. The summed E-state index contributed by atoms with van der Waals surface area (Å²) in [4.78, 5) is 0. The zero-order valence-corrected chi connectivity index (χ0v) is 10.6. The zero-order chi connectivity index (χ0) is 13.7. The molecular formula is C15H15F2NO. The highest BCUT2D eigenvalue weighted by Crippen LogP contribution is 2.20. The molecule has 2 aromatic rings. The van der Waals surface area contributed by atoms with E-state index in [1.807, 2.05) is 31.2 Å². The Labute approximate surface area is 111 Å². The van der Waals surface area contributed by atoms with Crippen molar-refractivity contribution in [2.75, 3.05) is 18.5 Å². The molecule has 100 valence electrons. The van der Waals surface area contributed by atoms with E-state index in [1.165, 1.54) is 23.8 Å². The van der Waals surface area contributed by atoms with Gasteiger partial charge in [-0.1, -0.05) is 23.8 Å². The molecule has 0 bridgehead atoms. The van der Waals surface area contributed by atoms with Crippen LogP contribution in [0.1, 0.15) is 5.56 Å². The smallest absolute Gasteiger partial charge is 0.190 e. The maximum absolute atomic E-state index is 13.3. The zero-order valence-electron chi connectivity index (χ0n) is 10.6. The molecule has 2 rings (SSSR count). The average molecular weight is 263 g/mol. The lowest BCUT2D eigenvalue weighted by Crippen LogP contribution is -2.12. The van der Waals surface area contributed by atoms with Crippen LogP contribution < -0.4 is 10.1 Å². The van der Waals surface area contributed by atoms with Gasteiger partial charge in [0.1, 0.15) is 6.61 Å². The lowest BCUT2D eigenvalue weighted by Gasteiger charge is -2.10. The van der Waals surface area contributed by atoms with E-state index < -0.39 is 11.6 Å². The fraction of sp³-hybridized carbons (Fsp3) is 0.200. The minimum absolute atomic E-state index is 0.186. The number of ether oxygens (including phenoxy) is 1. The Balaban J connectivity index is 1.82. The Bertz CT molecular complexity index is 520. The monoisotopic (exact) mass is 263 g/mol. The second-order valence-electron chi connectivity index (χ2n) is 4.19. The molecule has 0 spiro atoms. The van der Waals surface area contributed by atoms with E-state index in [-0.39, 0.29) is 12.4 Å². The van der Waals surface area contributed by atoms with Crippen molar-refractivity contribution in [3.05, 3.63) is 59.7 Å². The summed E-state index contributed by atoms with van der Waals surface area (Å²) < 4.78 is 31.6. The fourth-order valence-electron chi connectivity index (χ4n) is 1.64. The molecule has 0 radical (unpaired) electrons. The summed E-state index contributed by atoms with van der Waals surface area (Å²) in [6.07, 6.45) is 0. The van der Waals surface area contributed by atoms with Crippen LogP contribution >= 0.6 is 0 Å². The number of halogens is 2. The molecule has 0 fully saturated rings. The third kappa shape index (κ3) is 3.68. The van der Waals surface area contributed by atoms with E-state index in [1.54, 1.807) is 0 Å². The Morgan fingerprint density at radius 3 is 2.26 bits per heavy atom. The SMILES string of the molecule is Cc1ccc(NCCOc2c(F)cccc2F)cc1. The summed E-state index contributed by atoms with van der Waals surface area (Å²) in [7, 11) is 0. The molecule has 0 aliphatic rings. The number of anilines is 1. The standard InChI is InChI=1S/C15H15F2NO/c1-11-5-7-12(8-6-11)18-9-10-19-15-13(16)3-2-4-14(15)17/h2-8,18H,9-10H2,1H3. The highest BCUT2D eigenvalue weighted by molar-refractivity contribution is 5.44. The molecule has 0 aromatic heterocycles. The van der Waals surface area contributed by atoms with Gasteiger partial charge in [-0.3, -0.25) is 0 Å². The molecule has 0 aliphatic heterocycles. The maximum atomic E-state index is 13.3. The topological polar surface area (TPSA) is 21.3 Å². The predicted octanol–water partition coefficient (Wildman–Crippen LogP) is 3.76. The fourth-order valence-corrected chi connectivity index (χ4v) is 1.64. The van der Waals surface area contributed by atoms with Crippen molar-refractivity contribution in [3.63, 3.8) is 0 Å². The second-order valence-corrected chi connectivity index (χ2v) is 4.19. The molecule has 19 heavy (non-hydrogen) atoms. The predicted molar refractivity (Wildman–Crippen MR) is 71.5 cm³/mol. The number of para-hydroxylation sites is 1. The molecule has 4 heteroatoms. The van der Waals surface area contributed by atoms with Crippen molar-refractivity contribution in [1.82, 2.24) is 0 Å². The molecule has 2 nitrogen and oxygen atoms in total. The normalized spacial score (nSPS) is 10.3. The van der Waals surface area contributed by atoms with Crippen LogP contribution in [-0.4, -0.2) is 13.2 Å². The van der Waals surface area contributed by atoms with Crippen LogP contribution in [0, 0.1) is 18.6 Å². The molecular weight excluding hydrogens is 248 g/mol. The van der Waals surface area contributed by atoms with Crippen molar-refractivity contribution in [2.24, 2.45) is 0 Å². The van der Waals surface area contributed by atoms with E-state index in [0.717, 1.165) is 5.69 Å². The second kappa shape index (κ2) is 6.18. The van der Waals surface area contributed by atoms with Gasteiger partial charge in [-0.15, -0.1) is 0 Å². The summed E-state index contributed by atoms with van der Waals surface area (Å²) in [6, 6.07) is 11.5. The Kier molecular flexibility index (Phi) is 4.34. The van der Waals surface area contributed by atoms with Crippen molar-refractivity contribution in [3.8, 4) is 5.75 Å². The van der Waals surface area contributed by atoms with Crippen molar-refractivity contribution in [1.29, 1.82) is 0 Å². The molecule has 0 amide bonds. The lowest BCUT2D eigenvalue weighted by molar-refractivity contribution is 0.297. The van der Waals surface area contributed by atoms with Crippen molar-refractivity contribution >= 4 is 5.69 Å². The number of rotatable bonds is 5. The first-order chi connectivity index (χ1) is 9.16. The summed E-state index contributed by atoms with van der Waals surface area (Å²) in [5.74, 6) is -1.70. The molecule has 0 heterocycles. The first-order valence-corrected chi connectivity index (χ1v) is 6.04. The van der Waals surface area contributed by atoms with Crippen LogP contribution in [0.25, 0.3) is 0 Å². The first-order valence-electron chi connectivity index (χ1n) is 6.04. The van der Waals surface area contributed by atoms with Crippen LogP contribution in [0.3, 0.4) is 0 Å². The number of aryl methyl sites for hydroxylation is 1. The maximum Gasteiger partial charge on any atom is 0.190 e. The van der Waals surface area contributed by atoms with Gasteiger partial charge in [0.05, 0.1) is 0 Å². The molecule has 1 N–H and O–H groups in total. The molecule has 0 saturated heterocycles. The molecule has 0 atom stereocenters. The average Bonchev–Trinajstić information content (AvgIpc) is 2.39. The van der Waals surface area contributed by atoms with Crippen molar-refractivity contribution < 1.29 is 13.5 Å². The van der Waals surface area contributed by atoms with Crippen molar-refractivity contribution in [2.45, 2.75) is 6.92 Å². The Morgan fingerprint density at radius 1 is 1.00 bits per heavy atom. The lowest BCUT2D eigenvalue weighted by atomic mass is 10.2. The van der Waals surface area contributed by atoms with E-state index in [0.29, 0.717) is 6.54 Å². The molecule has 0 aliphatic carbocycles. The van der Waals surface area contributed by atoms with Gasteiger partial charge < -0.3 is 10.1 Å². The number of hydrogen-bond acceptors (Lipinski definition) is 2. The third-order valence-electron chi connectivity index (χ3n) is 2.65. The van der Waals surface area contributed by atoms with E-state index in [9.17, 15) is 8.78 Å². The highest BCUT2D eigenvalue weighted by atomic mass is 19.1. The van der Waals surface area contributed by atoms with Crippen LogP contribution in [0.15, 0.2) is 42.5 Å². The van der Waals surface area contributed by atoms with Gasteiger partial charge in [-0.2, -0.15) is 0 Å². The van der Waals surface area contributed by atoms with E-state index in [4.69, 9.17) is 4.74 Å². The van der Waals surface area contributed by atoms with Crippen LogP contribution in [0.4, 0.5) is 14.5 Å². The third-order valence-corrected chi connectivity index (χ3v) is 2.65. The van der Waals surface area contributed by atoms with Gasteiger partial charge >= 0.3 is 0 Å². The van der Waals surface area contributed by atoms with Crippen LogP contribution in [0.5, 0.6) is 5.75 Å². The summed E-state index contributed by atoms with van der Waals surface area (Å²) >= 11 is 0. The highest BCUT2D eigenvalue weighted by Gasteiger charge is 2.08. The van der Waals surface area contributed by atoms with Gasteiger partial charge in [-0.25, -0.2) is 8.78 Å². The summed E-state index contributed by atoms with van der Waals surface area (Å²) in [6.45, 7) is 2.66. The minimum Gasteiger partial charge on any atom is -0.486 e. The Morgan fingerprint density at radius 2 is 1.63 bits per heavy atom. The molecule has 0 saturated carbocycles. The van der Waals surface area contributed by atoms with Gasteiger partial charge in [0.25, 0.3) is 0 Å². The van der Waals surface area contributed by atoms with Crippen LogP contribution in [-0.2, 0) is 0 Å². The quantitative estimate of drug-likeness (QED) is 0.829. The van der Waals surface area contributed by atoms with Gasteiger partial charge in [-0.05, 0) is 31.2 Å². The number of benzene rings is 2. The van der Waals surface area contributed by atoms with Gasteiger partial charge in [0.2, 0.25) is 0 Å². The van der Waals surface area contributed by atoms with Gasteiger partial charge in [0, 0.05) is 12.2 Å². The van der Waals surface area contributed by atoms with Crippen LogP contribution in [0.2, 0.25) is 0 Å².